The van der Waals surface area contributed by atoms with Gasteiger partial charge in [-0.25, -0.2) is 8.42 Å². The number of fused-ring (bicyclic) bond motifs is 1. The number of piperazine rings is 1. The minimum atomic E-state index is -3.41. The van der Waals surface area contributed by atoms with Gasteiger partial charge in [0.15, 0.2) is 5.69 Å². The van der Waals surface area contributed by atoms with Crippen molar-refractivity contribution in [1.29, 1.82) is 0 Å². The van der Waals surface area contributed by atoms with E-state index in [2.05, 4.69) is 10.2 Å². The fourth-order valence-corrected chi connectivity index (χ4v) is 5.00. The summed E-state index contributed by atoms with van der Waals surface area (Å²) < 4.78 is 26.8. The Kier molecular flexibility index (Phi) is 4.91. The van der Waals surface area contributed by atoms with Crippen molar-refractivity contribution in [3.05, 3.63) is 65.4 Å². The van der Waals surface area contributed by atoms with Crippen molar-refractivity contribution in [3.63, 3.8) is 0 Å². The summed E-state index contributed by atoms with van der Waals surface area (Å²) in [4.78, 5) is 14.6. The van der Waals surface area contributed by atoms with Crippen LogP contribution in [0.3, 0.4) is 0 Å². The van der Waals surface area contributed by atoms with Crippen molar-refractivity contribution < 1.29 is 13.2 Å². The van der Waals surface area contributed by atoms with Gasteiger partial charge in [0.25, 0.3) is 5.91 Å². The molecule has 1 fully saturated rings. The first-order valence-electron chi connectivity index (χ1n) is 9.20. The maximum absolute atomic E-state index is 12.9. The van der Waals surface area contributed by atoms with Gasteiger partial charge in [0, 0.05) is 31.6 Å². The molecule has 28 heavy (non-hydrogen) atoms. The number of aromatic amines is 1. The minimum Gasteiger partial charge on any atom is -0.335 e. The van der Waals surface area contributed by atoms with E-state index in [9.17, 15) is 13.2 Å². The molecule has 1 N–H and O–H groups in total. The van der Waals surface area contributed by atoms with Gasteiger partial charge >= 0.3 is 0 Å². The molecule has 1 saturated heterocycles. The standard InChI is InChI=1S/C20H22N4O3S/c1-15-7-8-18-17(13-15)19(22-21-18)20(25)23-9-11-24(12-10-23)28(26,27)14-16-5-3-2-4-6-16/h2-8,13H,9-12,14H2,1H3,(H,21,22). The second kappa shape index (κ2) is 7.37. The molecule has 1 aliphatic rings. The number of nitrogens with zero attached hydrogens (tertiary/aromatic N) is 3. The van der Waals surface area contributed by atoms with Crippen LogP contribution in [-0.2, 0) is 15.8 Å². The first-order valence-corrected chi connectivity index (χ1v) is 10.8. The molecule has 1 aliphatic heterocycles. The Morgan fingerprint density at radius 1 is 1.07 bits per heavy atom. The largest absolute Gasteiger partial charge is 0.335 e. The van der Waals surface area contributed by atoms with Crippen LogP contribution in [-0.4, -0.2) is 59.9 Å². The molecule has 0 bridgehead atoms. The van der Waals surface area contributed by atoms with Crippen molar-refractivity contribution in [2.45, 2.75) is 12.7 Å². The first-order chi connectivity index (χ1) is 13.4. The van der Waals surface area contributed by atoms with Gasteiger partial charge in [0.2, 0.25) is 10.0 Å². The number of carbonyl (C=O) groups excluding carboxylic acids is 1. The van der Waals surface area contributed by atoms with Gasteiger partial charge in [-0.05, 0) is 24.6 Å². The highest BCUT2D eigenvalue weighted by atomic mass is 32.2. The van der Waals surface area contributed by atoms with Crippen molar-refractivity contribution in [2.24, 2.45) is 0 Å². The molecule has 7 nitrogen and oxygen atoms in total. The summed E-state index contributed by atoms with van der Waals surface area (Å²) in [5, 5.41) is 7.87. The molecular weight excluding hydrogens is 376 g/mol. The van der Waals surface area contributed by atoms with E-state index in [4.69, 9.17) is 0 Å². The summed E-state index contributed by atoms with van der Waals surface area (Å²) in [6.07, 6.45) is 0. The Balaban J connectivity index is 1.45. The summed E-state index contributed by atoms with van der Waals surface area (Å²) in [6.45, 7) is 3.27. The number of nitrogens with one attached hydrogen (secondary N) is 1. The van der Waals surface area contributed by atoms with E-state index >= 15 is 0 Å². The van der Waals surface area contributed by atoms with Crippen molar-refractivity contribution in [2.75, 3.05) is 26.2 Å². The zero-order valence-corrected chi connectivity index (χ0v) is 16.4. The highest BCUT2D eigenvalue weighted by molar-refractivity contribution is 7.88. The number of H-pyrrole nitrogens is 1. The normalized spacial score (nSPS) is 15.8. The summed E-state index contributed by atoms with van der Waals surface area (Å²) >= 11 is 0. The summed E-state index contributed by atoms with van der Waals surface area (Å²) in [5.41, 5.74) is 3.02. The Hall–Kier alpha value is -2.71. The monoisotopic (exact) mass is 398 g/mol. The maximum atomic E-state index is 12.9. The quantitative estimate of drug-likeness (QED) is 0.730. The Morgan fingerprint density at radius 3 is 2.50 bits per heavy atom. The smallest absolute Gasteiger partial charge is 0.275 e. The van der Waals surface area contributed by atoms with Crippen LogP contribution in [0.4, 0.5) is 0 Å². The van der Waals surface area contributed by atoms with E-state index in [1.54, 1.807) is 4.90 Å². The number of rotatable bonds is 4. The van der Waals surface area contributed by atoms with Crippen LogP contribution < -0.4 is 0 Å². The topological polar surface area (TPSA) is 86.4 Å². The summed E-state index contributed by atoms with van der Waals surface area (Å²) in [5.74, 6) is -0.192. The second-order valence-electron chi connectivity index (χ2n) is 7.05. The molecule has 0 saturated carbocycles. The van der Waals surface area contributed by atoms with E-state index in [-0.39, 0.29) is 11.7 Å². The van der Waals surface area contributed by atoms with Gasteiger partial charge in [0.1, 0.15) is 0 Å². The van der Waals surface area contributed by atoms with Crippen LogP contribution in [0.2, 0.25) is 0 Å². The van der Waals surface area contributed by atoms with E-state index < -0.39 is 10.0 Å². The average molecular weight is 398 g/mol. The number of aryl methyl sites for hydroxylation is 1. The van der Waals surface area contributed by atoms with Crippen LogP contribution in [0.5, 0.6) is 0 Å². The van der Waals surface area contributed by atoms with E-state index in [1.165, 1.54) is 4.31 Å². The number of hydrogen-bond donors (Lipinski definition) is 1. The molecule has 146 valence electrons. The third-order valence-electron chi connectivity index (χ3n) is 5.03. The highest BCUT2D eigenvalue weighted by Gasteiger charge is 2.30. The third kappa shape index (κ3) is 3.65. The Morgan fingerprint density at radius 2 is 1.79 bits per heavy atom. The first kappa shape index (κ1) is 18.6. The van der Waals surface area contributed by atoms with Crippen LogP contribution in [0.1, 0.15) is 21.6 Å². The average Bonchev–Trinajstić information content (AvgIpc) is 3.11. The summed E-state index contributed by atoms with van der Waals surface area (Å²) in [6, 6.07) is 14.9. The van der Waals surface area contributed by atoms with E-state index in [1.807, 2.05) is 55.5 Å². The molecule has 0 aliphatic carbocycles. The number of hydrogen-bond acceptors (Lipinski definition) is 4. The van der Waals surface area contributed by atoms with Crippen molar-refractivity contribution in [1.82, 2.24) is 19.4 Å². The zero-order valence-electron chi connectivity index (χ0n) is 15.6. The molecular formula is C20H22N4O3S. The van der Waals surface area contributed by atoms with Gasteiger partial charge in [-0.3, -0.25) is 9.89 Å². The SMILES string of the molecule is Cc1ccc2[nH]nc(C(=O)N3CCN(S(=O)(=O)Cc4ccccc4)CC3)c2c1. The molecule has 0 radical (unpaired) electrons. The molecule has 4 rings (SSSR count). The Bertz CT molecular complexity index is 1100. The van der Waals surface area contributed by atoms with Gasteiger partial charge in [-0.1, -0.05) is 42.0 Å². The molecule has 0 unspecified atom stereocenters. The van der Waals surface area contributed by atoms with Crippen molar-refractivity contribution in [3.8, 4) is 0 Å². The molecule has 8 heteroatoms. The predicted octanol–water partition coefficient (Wildman–Crippen LogP) is 2.16. The number of sulfonamides is 1. The fraction of sp³-hybridized carbons (Fsp3) is 0.300. The zero-order chi connectivity index (χ0) is 19.7. The Labute approximate surface area is 164 Å². The van der Waals surface area contributed by atoms with Gasteiger partial charge in [0.05, 0.1) is 11.3 Å². The number of benzene rings is 2. The molecule has 2 aromatic carbocycles. The molecule has 0 atom stereocenters. The minimum absolute atomic E-state index is 0.0228. The molecule has 1 aromatic heterocycles. The highest BCUT2D eigenvalue weighted by Crippen LogP contribution is 2.20. The lowest BCUT2D eigenvalue weighted by atomic mass is 10.1. The summed E-state index contributed by atoms with van der Waals surface area (Å²) in [7, 11) is -3.41. The van der Waals surface area contributed by atoms with E-state index in [0.717, 1.165) is 22.0 Å². The number of amides is 1. The molecule has 0 spiro atoms. The molecule has 3 aromatic rings. The van der Waals surface area contributed by atoms with Crippen LogP contribution in [0, 0.1) is 6.92 Å². The maximum Gasteiger partial charge on any atom is 0.275 e. The van der Waals surface area contributed by atoms with Gasteiger partial charge < -0.3 is 4.90 Å². The van der Waals surface area contributed by atoms with Gasteiger partial charge in [-0.2, -0.15) is 9.40 Å². The predicted molar refractivity (Wildman–Crippen MR) is 107 cm³/mol. The molecule has 2 heterocycles. The van der Waals surface area contributed by atoms with Gasteiger partial charge in [-0.15, -0.1) is 0 Å². The number of aromatic nitrogens is 2. The number of carbonyl (C=O) groups is 1. The third-order valence-corrected chi connectivity index (χ3v) is 6.88. The van der Waals surface area contributed by atoms with Crippen LogP contribution >= 0.6 is 0 Å². The van der Waals surface area contributed by atoms with Crippen LogP contribution in [0.25, 0.3) is 10.9 Å². The lowest BCUT2D eigenvalue weighted by Crippen LogP contribution is -2.50. The van der Waals surface area contributed by atoms with E-state index in [0.29, 0.717) is 31.9 Å². The second-order valence-corrected chi connectivity index (χ2v) is 9.02. The molecule has 1 amide bonds. The van der Waals surface area contributed by atoms with Crippen molar-refractivity contribution >= 4 is 26.8 Å². The fourth-order valence-electron chi connectivity index (χ4n) is 3.49. The lowest BCUT2D eigenvalue weighted by Gasteiger charge is -2.33. The lowest BCUT2D eigenvalue weighted by molar-refractivity contribution is 0.0693. The van der Waals surface area contributed by atoms with Crippen LogP contribution in [0.15, 0.2) is 48.5 Å².